The largest absolute Gasteiger partial charge is 0.382 e. The van der Waals surface area contributed by atoms with Gasteiger partial charge in [-0.25, -0.2) is 4.68 Å². The minimum Gasteiger partial charge on any atom is -0.382 e. The second-order valence-corrected chi connectivity index (χ2v) is 3.82. The van der Waals surface area contributed by atoms with Crippen LogP contribution in [0.4, 0.5) is 5.82 Å². The molecule has 72 valence electrons. The number of rotatable bonds is 1. The first-order chi connectivity index (χ1) is 6.68. The monoisotopic (exact) mass is 252 g/mol. The Morgan fingerprint density at radius 3 is 2.86 bits per heavy atom. The fraction of sp³-hybridized carbons (Fsp3) is 0.111. The summed E-state index contributed by atoms with van der Waals surface area (Å²) in [6.07, 6.45) is 5.32. The number of hydrogen-bond donors (Lipinski definition) is 1. The Labute approximate surface area is 89.9 Å². The molecule has 4 nitrogen and oxygen atoms in total. The third-order valence-electron chi connectivity index (χ3n) is 1.93. The molecule has 0 aliphatic heterocycles. The van der Waals surface area contributed by atoms with Crippen LogP contribution in [0.3, 0.4) is 0 Å². The summed E-state index contributed by atoms with van der Waals surface area (Å²) in [5.41, 5.74) is 7.56. The molecule has 0 aliphatic rings. The molecule has 0 aromatic carbocycles. The van der Waals surface area contributed by atoms with E-state index in [0.29, 0.717) is 5.82 Å². The number of nitrogens with two attached hydrogens (primary N) is 1. The summed E-state index contributed by atoms with van der Waals surface area (Å²) in [5, 5.41) is 4.18. The number of aryl methyl sites for hydroxylation is 1. The Bertz CT molecular complexity index is 444. The molecule has 0 aliphatic carbocycles. The number of aromatic nitrogens is 3. The molecule has 0 atom stereocenters. The fourth-order valence-electron chi connectivity index (χ4n) is 1.15. The van der Waals surface area contributed by atoms with Crippen molar-refractivity contribution in [2.45, 2.75) is 6.92 Å². The molecule has 0 unspecified atom stereocenters. The van der Waals surface area contributed by atoms with Crippen LogP contribution in [0, 0.1) is 6.92 Å². The van der Waals surface area contributed by atoms with E-state index < -0.39 is 0 Å². The Kier molecular flexibility index (Phi) is 2.25. The van der Waals surface area contributed by atoms with Crippen LogP contribution < -0.4 is 5.73 Å². The quantitative estimate of drug-likeness (QED) is 0.844. The van der Waals surface area contributed by atoms with Crippen LogP contribution in [-0.4, -0.2) is 14.8 Å². The molecule has 2 rings (SSSR count). The average Bonchev–Trinajstić information content (AvgIpc) is 2.48. The van der Waals surface area contributed by atoms with Gasteiger partial charge in [-0.1, -0.05) is 0 Å². The van der Waals surface area contributed by atoms with E-state index in [1.807, 2.05) is 19.2 Å². The molecule has 0 fully saturated rings. The van der Waals surface area contributed by atoms with Crippen molar-refractivity contribution in [1.29, 1.82) is 0 Å². The highest BCUT2D eigenvalue weighted by atomic mass is 79.9. The van der Waals surface area contributed by atoms with Crippen molar-refractivity contribution >= 4 is 21.7 Å². The predicted octanol–water partition coefficient (Wildman–Crippen LogP) is 1.92. The van der Waals surface area contributed by atoms with Gasteiger partial charge in [0.25, 0.3) is 0 Å². The molecule has 2 aromatic rings. The van der Waals surface area contributed by atoms with E-state index in [4.69, 9.17) is 5.73 Å². The van der Waals surface area contributed by atoms with Crippen molar-refractivity contribution in [2.75, 3.05) is 5.73 Å². The van der Waals surface area contributed by atoms with E-state index in [-0.39, 0.29) is 0 Å². The molecule has 0 saturated carbocycles. The topological polar surface area (TPSA) is 56.7 Å². The van der Waals surface area contributed by atoms with Crippen LogP contribution >= 0.6 is 15.9 Å². The molecular weight excluding hydrogens is 244 g/mol. The molecule has 2 aromatic heterocycles. The smallest absolute Gasteiger partial charge is 0.148 e. The molecule has 0 bridgehead atoms. The second-order valence-electron chi connectivity index (χ2n) is 2.97. The Morgan fingerprint density at radius 2 is 2.29 bits per heavy atom. The van der Waals surface area contributed by atoms with E-state index in [2.05, 4.69) is 26.0 Å². The van der Waals surface area contributed by atoms with E-state index in [0.717, 1.165) is 15.7 Å². The second kappa shape index (κ2) is 3.42. The van der Waals surface area contributed by atoms with Crippen molar-refractivity contribution in [2.24, 2.45) is 0 Å². The van der Waals surface area contributed by atoms with Crippen molar-refractivity contribution in [3.8, 4) is 5.69 Å². The van der Waals surface area contributed by atoms with Crippen LogP contribution in [0.15, 0.2) is 29.1 Å². The summed E-state index contributed by atoms with van der Waals surface area (Å²) in [5.74, 6) is 0.550. The molecule has 14 heavy (non-hydrogen) atoms. The summed E-state index contributed by atoms with van der Waals surface area (Å²) in [6.45, 7) is 1.92. The van der Waals surface area contributed by atoms with Crippen molar-refractivity contribution in [3.05, 3.63) is 34.7 Å². The lowest BCUT2D eigenvalue weighted by molar-refractivity contribution is 0.877. The van der Waals surface area contributed by atoms with Gasteiger partial charge >= 0.3 is 0 Å². The lowest BCUT2D eigenvalue weighted by Gasteiger charge is -2.01. The fourth-order valence-corrected chi connectivity index (χ4v) is 1.58. The van der Waals surface area contributed by atoms with Crippen molar-refractivity contribution in [1.82, 2.24) is 14.8 Å². The number of anilines is 1. The van der Waals surface area contributed by atoms with Crippen LogP contribution in [0.5, 0.6) is 0 Å². The summed E-state index contributed by atoms with van der Waals surface area (Å²) in [6, 6.07) is 1.87. The zero-order valence-electron chi connectivity index (χ0n) is 7.61. The maximum Gasteiger partial charge on any atom is 0.148 e. The zero-order valence-corrected chi connectivity index (χ0v) is 9.19. The van der Waals surface area contributed by atoms with Gasteiger partial charge in [-0.15, -0.1) is 0 Å². The maximum absolute atomic E-state index is 5.67. The van der Waals surface area contributed by atoms with Gasteiger partial charge in [-0.3, -0.25) is 4.98 Å². The highest BCUT2D eigenvalue weighted by Gasteiger charge is 2.05. The van der Waals surface area contributed by atoms with Gasteiger partial charge in [0.15, 0.2) is 0 Å². The molecule has 0 radical (unpaired) electrons. The van der Waals surface area contributed by atoms with Crippen LogP contribution in [0.1, 0.15) is 5.56 Å². The summed E-state index contributed by atoms with van der Waals surface area (Å²) in [7, 11) is 0. The van der Waals surface area contributed by atoms with Crippen molar-refractivity contribution < 1.29 is 0 Å². The molecule has 0 saturated heterocycles. The van der Waals surface area contributed by atoms with Crippen LogP contribution in [0.25, 0.3) is 5.69 Å². The SMILES string of the molecule is Cc1cn(-c2ccncc2Br)nc1N. The average molecular weight is 253 g/mol. The Morgan fingerprint density at radius 1 is 1.50 bits per heavy atom. The molecule has 2 heterocycles. The van der Waals surface area contributed by atoms with E-state index in [1.165, 1.54) is 0 Å². The van der Waals surface area contributed by atoms with Gasteiger partial charge in [-0.2, -0.15) is 5.10 Å². The molecule has 0 spiro atoms. The van der Waals surface area contributed by atoms with E-state index in [1.54, 1.807) is 17.1 Å². The summed E-state index contributed by atoms with van der Waals surface area (Å²) >= 11 is 3.40. The van der Waals surface area contributed by atoms with Gasteiger partial charge in [0.2, 0.25) is 0 Å². The molecule has 5 heteroatoms. The van der Waals surface area contributed by atoms with Crippen LogP contribution in [-0.2, 0) is 0 Å². The first kappa shape index (κ1) is 9.21. The minimum atomic E-state index is 0.550. The standard InChI is InChI=1S/C9H9BrN4/c1-6-5-14(13-9(6)11)8-2-3-12-4-7(8)10/h2-5H,1H3,(H2,11,13). The highest BCUT2D eigenvalue weighted by molar-refractivity contribution is 9.10. The Hall–Kier alpha value is -1.36. The molecule has 0 amide bonds. The lowest BCUT2D eigenvalue weighted by atomic mass is 10.4. The van der Waals surface area contributed by atoms with Gasteiger partial charge < -0.3 is 5.73 Å². The van der Waals surface area contributed by atoms with E-state index >= 15 is 0 Å². The maximum atomic E-state index is 5.67. The highest BCUT2D eigenvalue weighted by Crippen LogP contribution is 2.20. The minimum absolute atomic E-state index is 0.550. The zero-order chi connectivity index (χ0) is 10.1. The number of pyridine rings is 1. The third kappa shape index (κ3) is 1.50. The normalized spacial score (nSPS) is 10.4. The lowest BCUT2D eigenvalue weighted by Crippen LogP contribution is -1.97. The first-order valence-corrected chi connectivity index (χ1v) is 4.89. The predicted molar refractivity (Wildman–Crippen MR) is 58.2 cm³/mol. The third-order valence-corrected chi connectivity index (χ3v) is 2.54. The van der Waals surface area contributed by atoms with Gasteiger partial charge in [0.05, 0.1) is 10.2 Å². The number of nitrogens with zero attached hydrogens (tertiary/aromatic N) is 3. The van der Waals surface area contributed by atoms with Gasteiger partial charge in [-0.05, 0) is 28.9 Å². The number of hydrogen-bond acceptors (Lipinski definition) is 3. The molecular formula is C9H9BrN4. The van der Waals surface area contributed by atoms with Crippen LogP contribution in [0.2, 0.25) is 0 Å². The number of nitrogen functional groups attached to an aromatic ring is 1. The van der Waals surface area contributed by atoms with Gasteiger partial charge in [0.1, 0.15) is 5.82 Å². The molecule has 2 N–H and O–H groups in total. The van der Waals surface area contributed by atoms with Crippen molar-refractivity contribution in [3.63, 3.8) is 0 Å². The Balaban J connectivity index is 2.55. The van der Waals surface area contributed by atoms with E-state index in [9.17, 15) is 0 Å². The first-order valence-electron chi connectivity index (χ1n) is 4.10. The summed E-state index contributed by atoms with van der Waals surface area (Å²) in [4.78, 5) is 3.98. The van der Waals surface area contributed by atoms with Gasteiger partial charge in [0, 0.05) is 24.2 Å². The summed E-state index contributed by atoms with van der Waals surface area (Å²) < 4.78 is 2.62. The number of halogens is 1.